The van der Waals surface area contributed by atoms with E-state index in [1.807, 2.05) is 0 Å². The van der Waals surface area contributed by atoms with Gasteiger partial charge < -0.3 is 10.2 Å². The van der Waals surface area contributed by atoms with Crippen LogP contribution in [0.15, 0.2) is 24.3 Å². The summed E-state index contributed by atoms with van der Waals surface area (Å²) in [6.45, 7) is 2.26. The van der Waals surface area contributed by atoms with Crippen LogP contribution in [0.3, 0.4) is 0 Å². The zero-order valence-corrected chi connectivity index (χ0v) is 11.8. The van der Waals surface area contributed by atoms with Crippen LogP contribution in [0.5, 0.6) is 0 Å². The van der Waals surface area contributed by atoms with Crippen molar-refractivity contribution >= 4 is 5.91 Å². The minimum atomic E-state index is -4.37. The summed E-state index contributed by atoms with van der Waals surface area (Å²) < 4.78 is 38.0. The number of halogens is 3. The van der Waals surface area contributed by atoms with Gasteiger partial charge in [0.15, 0.2) is 0 Å². The Kier molecular flexibility index (Phi) is 5.56. The van der Waals surface area contributed by atoms with Gasteiger partial charge in [-0.1, -0.05) is 12.1 Å². The first-order valence-corrected chi connectivity index (χ1v) is 6.34. The number of rotatable bonds is 5. The molecule has 112 valence electrons. The molecular formula is C14H19F3N2O. The third kappa shape index (κ3) is 4.23. The van der Waals surface area contributed by atoms with E-state index in [1.165, 1.54) is 11.0 Å². The first-order chi connectivity index (χ1) is 9.27. The molecular weight excluding hydrogens is 269 g/mol. The van der Waals surface area contributed by atoms with Crippen molar-refractivity contribution in [2.45, 2.75) is 25.6 Å². The number of hydrogen-bond acceptors (Lipinski definition) is 2. The molecule has 0 spiro atoms. The number of carbonyl (C=O) groups is 1. The molecule has 0 aliphatic heterocycles. The third-order valence-electron chi connectivity index (χ3n) is 3.26. The van der Waals surface area contributed by atoms with Gasteiger partial charge in [-0.25, -0.2) is 0 Å². The van der Waals surface area contributed by atoms with Crippen LogP contribution in [0.25, 0.3) is 0 Å². The minimum Gasteiger partial charge on any atom is -0.339 e. The second-order valence-corrected chi connectivity index (χ2v) is 4.66. The molecule has 1 atom stereocenters. The molecule has 0 saturated heterocycles. The number of nitrogens with zero attached hydrogens (tertiary/aromatic N) is 1. The van der Waals surface area contributed by atoms with E-state index in [0.29, 0.717) is 18.5 Å². The van der Waals surface area contributed by atoms with Crippen molar-refractivity contribution in [2.24, 2.45) is 0 Å². The molecule has 0 aromatic heterocycles. The van der Waals surface area contributed by atoms with Gasteiger partial charge in [0, 0.05) is 20.0 Å². The van der Waals surface area contributed by atoms with Crippen LogP contribution in [0.4, 0.5) is 13.2 Å². The van der Waals surface area contributed by atoms with Crippen LogP contribution in [-0.2, 0) is 11.0 Å². The Balaban J connectivity index is 2.86. The fourth-order valence-electron chi connectivity index (χ4n) is 1.82. The van der Waals surface area contributed by atoms with Gasteiger partial charge in [-0.05, 0) is 31.7 Å². The summed E-state index contributed by atoms with van der Waals surface area (Å²) in [7, 11) is 3.34. The van der Waals surface area contributed by atoms with E-state index in [4.69, 9.17) is 0 Å². The lowest BCUT2D eigenvalue weighted by Crippen LogP contribution is -2.31. The molecule has 3 nitrogen and oxygen atoms in total. The van der Waals surface area contributed by atoms with E-state index in [-0.39, 0.29) is 5.91 Å². The van der Waals surface area contributed by atoms with E-state index < -0.39 is 17.8 Å². The Morgan fingerprint density at radius 2 is 2.05 bits per heavy atom. The fourth-order valence-corrected chi connectivity index (χ4v) is 1.82. The fraction of sp³-hybridized carbons (Fsp3) is 0.500. The Hall–Kier alpha value is -1.56. The van der Waals surface area contributed by atoms with Gasteiger partial charge in [0.2, 0.25) is 5.91 Å². The van der Waals surface area contributed by atoms with E-state index in [0.717, 1.165) is 12.1 Å². The summed E-state index contributed by atoms with van der Waals surface area (Å²) in [5.74, 6) is -0.107. The SMILES string of the molecule is CNCCC(=O)N(C)C(C)c1cccc(C(F)(F)F)c1. The predicted octanol–water partition coefficient (Wildman–Crippen LogP) is 2.83. The second kappa shape index (κ2) is 6.74. The highest BCUT2D eigenvalue weighted by molar-refractivity contribution is 5.76. The Labute approximate surface area is 116 Å². The Morgan fingerprint density at radius 3 is 2.60 bits per heavy atom. The number of carbonyl (C=O) groups excluding carboxylic acids is 1. The molecule has 1 aromatic carbocycles. The topological polar surface area (TPSA) is 32.3 Å². The van der Waals surface area contributed by atoms with E-state index in [9.17, 15) is 18.0 Å². The lowest BCUT2D eigenvalue weighted by Gasteiger charge is -2.26. The molecule has 0 aliphatic carbocycles. The summed E-state index contributed by atoms with van der Waals surface area (Å²) in [4.78, 5) is 13.3. The van der Waals surface area contributed by atoms with Crippen molar-refractivity contribution < 1.29 is 18.0 Å². The standard InChI is InChI=1S/C14H19F3N2O/c1-10(19(3)13(20)7-8-18-2)11-5-4-6-12(9-11)14(15,16)17/h4-6,9-10,18H,7-8H2,1-3H3. The number of amides is 1. The van der Waals surface area contributed by atoms with Gasteiger partial charge in [0.05, 0.1) is 11.6 Å². The minimum absolute atomic E-state index is 0.107. The van der Waals surface area contributed by atoms with Gasteiger partial charge in [-0.3, -0.25) is 4.79 Å². The average Bonchev–Trinajstić information content (AvgIpc) is 2.42. The molecule has 0 bridgehead atoms. The smallest absolute Gasteiger partial charge is 0.339 e. The quantitative estimate of drug-likeness (QED) is 0.903. The van der Waals surface area contributed by atoms with Crippen LogP contribution >= 0.6 is 0 Å². The molecule has 0 radical (unpaired) electrons. The highest BCUT2D eigenvalue weighted by atomic mass is 19.4. The second-order valence-electron chi connectivity index (χ2n) is 4.66. The third-order valence-corrected chi connectivity index (χ3v) is 3.26. The number of benzene rings is 1. The van der Waals surface area contributed by atoms with Gasteiger partial charge >= 0.3 is 6.18 Å². The summed E-state index contributed by atoms with van der Waals surface area (Å²) in [5, 5.41) is 2.86. The van der Waals surface area contributed by atoms with Crippen molar-refractivity contribution in [1.82, 2.24) is 10.2 Å². The van der Waals surface area contributed by atoms with Gasteiger partial charge in [-0.15, -0.1) is 0 Å². The lowest BCUT2D eigenvalue weighted by atomic mass is 10.0. The number of hydrogen-bond donors (Lipinski definition) is 1. The van der Waals surface area contributed by atoms with Crippen LogP contribution in [0.1, 0.15) is 30.5 Å². The first kappa shape index (κ1) is 16.5. The van der Waals surface area contributed by atoms with Crippen molar-refractivity contribution in [3.05, 3.63) is 35.4 Å². The summed E-state index contributed by atoms with van der Waals surface area (Å²) >= 11 is 0. The monoisotopic (exact) mass is 288 g/mol. The number of alkyl halides is 3. The Bertz CT molecular complexity index is 460. The zero-order chi connectivity index (χ0) is 15.3. The first-order valence-electron chi connectivity index (χ1n) is 6.34. The summed E-state index contributed by atoms with van der Waals surface area (Å²) in [6.07, 6.45) is -4.05. The normalized spacial score (nSPS) is 13.1. The molecule has 1 amide bonds. The molecule has 1 N–H and O–H groups in total. The van der Waals surface area contributed by atoms with Gasteiger partial charge in [0.1, 0.15) is 0 Å². The maximum Gasteiger partial charge on any atom is 0.416 e. The largest absolute Gasteiger partial charge is 0.416 e. The molecule has 0 saturated carbocycles. The molecule has 1 rings (SSSR count). The van der Waals surface area contributed by atoms with Crippen molar-refractivity contribution in [2.75, 3.05) is 20.6 Å². The molecule has 20 heavy (non-hydrogen) atoms. The average molecular weight is 288 g/mol. The number of nitrogens with one attached hydrogen (secondary N) is 1. The van der Waals surface area contributed by atoms with Gasteiger partial charge in [0.25, 0.3) is 0 Å². The van der Waals surface area contributed by atoms with Gasteiger partial charge in [-0.2, -0.15) is 13.2 Å². The zero-order valence-electron chi connectivity index (χ0n) is 11.8. The van der Waals surface area contributed by atoms with Crippen molar-refractivity contribution in [1.29, 1.82) is 0 Å². The summed E-state index contributed by atoms with van der Waals surface area (Å²) in [5.41, 5.74) is -0.224. The molecule has 0 fully saturated rings. The van der Waals surface area contributed by atoms with Crippen LogP contribution in [0.2, 0.25) is 0 Å². The van der Waals surface area contributed by atoms with Crippen molar-refractivity contribution in [3.8, 4) is 0 Å². The lowest BCUT2D eigenvalue weighted by molar-refractivity contribution is -0.137. The van der Waals surface area contributed by atoms with Crippen LogP contribution < -0.4 is 5.32 Å². The summed E-state index contributed by atoms with van der Waals surface area (Å²) in [6, 6.07) is 4.68. The molecule has 0 heterocycles. The van der Waals surface area contributed by atoms with Crippen LogP contribution in [0, 0.1) is 0 Å². The van der Waals surface area contributed by atoms with Crippen LogP contribution in [-0.4, -0.2) is 31.4 Å². The molecule has 6 heteroatoms. The Morgan fingerprint density at radius 1 is 1.40 bits per heavy atom. The highest BCUT2D eigenvalue weighted by Gasteiger charge is 2.31. The van der Waals surface area contributed by atoms with E-state index >= 15 is 0 Å². The maximum atomic E-state index is 12.7. The maximum absolute atomic E-state index is 12.7. The molecule has 1 aromatic rings. The van der Waals surface area contributed by atoms with Crippen molar-refractivity contribution in [3.63, 3.8) is 0 Å². The molecule has 1 unspecified atom stereocenters. The highest BCUT2D eigenvalue weighted by Crippen LogP contribution is 2.31. The predicted molar refractivity (Wildman–Crippen MR) is 71.2 cm³/mol. The van der Waals surface area contributed by atoms with E-state index in [1.54, 1.807) is 27.1 Å². The van der Waals surface area contributed by atoms with E-state index in [2.05, 4.69) is 5.32 Å². The molecule has 0 aliphatic rings.